The Hall–Kier alpha value is -3.60. The van der Waals surface area contributed by atoms with E-state index in [0.717, 1.165) is 16.4 Å². The largest absolute Gasteiger partial charge is 0.493 e. The number of rotatable bonds is 7. The highest BCUT2D eigenvalue weighted by Gasteiger charge is 2.56. The summed E-state index contributed by atoms with van der Waals surface area (Å²) in [5, 5.41) is 16.9. The molecule has 0 radical (unpaired) electrons. The number of alkyl halides is 3. The van der Waals surface area contributed by atoms with Crippen LogP contribution in [0.1, 0.15) is 41.8 Å². The van der Waals surface area contributed by atoms with Crippen molar-refractivity contribution in [3.63, 3.8) is 0 Å². The SMILES string of the molecule is CC(C)(CC(O)(CNC(=O)c1cnn(-c2ccc(F)cc2)c1N)C(F)(F)F)c1cccc2c1OCC2. The topological polar surface area (TPSA) is 102 Å². The summed E-state index contributed by atoms with van der Waals surface area (Å²) in [5.74, 6) is -1.03. The third-order valence-corrected chi connectivity index (χ3v) is 6.37. The van der Waals surface area contributed by atoms with Gasteiger partial charge in [-0.05, 0) is 41.7 Å². The van der Waals surface area contributed by atoms with E-state index in [4.69, 9.17) is 10.5 Å². The first kappa shape index (κ1) is 25.5. The van der Waals surface area contributed by atoms with Gasteiger partial charge in [0.15, 0.2) is 5.60 Å². The summed E-state index contributed by atoms with van der Waals surface area (Å²) in [7, 11) is 0. The molecule has 192 valence electrons. The summed E-state index contributed by atoms with van der Waals surface area (Å²) in [6, 6.07) is 10.4. The molecule has 1 aromatic heterocycles. The number of para-hydroxylation sites is 1. The molecule has 3 aromatic rings. The maximum absolute atomic E-state index is 14.1. The number of carbonyl (C=O) groups excluding carboxylic acids is 1. The van der Waals surface area contributed by atoms with E-state index >= 15 is 0 Å². The van der Waals surface area contributed by atoms with Crippen LogP contribution in [0.4, 0.5) is 23.4 Å². The smallest absolute Gasteiger partial charge is 0.418 e. The molecule has 1 atom stereocenters. The van der Waals surface area contributed by atoms with Gasteiger partial charge in [-0.2, -0.15) is 18.3 Å². The van der Waals surface area contributed by atoms with Gasteiger partial charge in [0, 0.05) is 12.0 Å². The van der Waals surface area contributed by atoms with Crippen molar-refractivity contribution in [1.82, 2.24) is 15.1 Å². The molecular weight excluding hydrogens is 480 g/mol. The van der Waals surface area contributed by atoms with E-state index in [9.17, 15) is 27.5 Å². The van der Waals surface area contributed by atoms with Crippen LogP contribution in [0.3, 0.4) is 0 Å². The van der Waals surface area contributed by atoms with Gasteiger partial charge in [0.2, 0.25) is 0 Å². The number of nitrogens with zero attached hydrogens (tertiary/aromatic N) is 2. The number of hydrogen-bond donors (Lipinski definition) is 3. The van der Waals surface area contributed by atoms with Crippen molar-refractivity contribution in [2.75, 3.05) is 18.9 Å². The normalized spacial score (nSPS) is 15.2. The number of nitrogens with one attached hydrogen (secondary N) is 1. The lowest BCUT2D eigenvalue weighted by atomic mass is 9.74. The maximum atomic E-state index is 14.1. The van der Waals surface area contributed by atoms with Crippen LogP contribution < -0.4 is 15.8 Å². The third-order valence-electron chi connectivity index (χ3n) is 6.37. The van der Waals surface area contributed by atoms with Crippen LogP contribution in [0, 0.1) is 5.82 Å². The Balaban J connectivity index is 1.54. The number of anilines is 1. The minimum Gasteiger partial charge on any atom is -0.493 e. The maximum Gasteiger partial charge on any atom is 0.418 e. The number of benzene rings is 2. The summed E-state index contributed by atoms with van der Waals surface area (Å²) in [4.78, 5) is 12.7. The zero-order valence-corrected chi connectivity index (χ0v) is 19.7. The molecule has 0 saturated carbocycles. The molecule has 0 spiro atoms. The first-order valence-electron chi connectivity index (χ1n) is 11.2. The van der Waals surface area contributed by atoms with Gasteiger partial charge in [-0.1, -0.05) is 32.0 Å². The molecule has 0 saturated heterocycles. The summed E-state index contributed by atoms with van der Waals surface area (Å²) in [5.41, 5.74) is 3.22. The molecule has 4 rings (SSSR count). The van der Waals surface area contributed by atoms with E-state index < -0.39 is 41.9 Å². The van der Waals surface area contributed by atoms with Crippen LogP contribution in [0.15, 0.2) is 48.7 Å². The van der Waals surface area contributed by atoms with Crippen molar-refractivity contribution in [2.24, 2.45) is 0 Å². The van der Waals surface area contributed by atoms with Crippen LogP contribution in [0.5, 0.6) is 5.75 Å². The fraction of sp³-hybridized carbons (Fsp3) is 0.360. The Morgan fingerprint density at radius 2 is 1.89 bits per heavy atom. The molecular formula is C25H26F4N4O3. The molecule has 36 heavy (non-hydrogen) atoms. The average Bonchev–Trinajstić information content (AvgIpc) is 3.43. The number of nitrogens with two attached hydrogens (primary N) is 1. The molecule has 0 fully saturated rings. The number of fused-ring (bicyclic) bond motifs is 1. The fourth-order valence-corrected chi connectivity index (χ4v) is 4.48. The Bertz CT molecular complexity index is 1270. The molecule has 1 amide bonds. The van der Waals surface area contributed by atoms with E-state index in [0.29, 0.717) is 30.0 Å². The van der Waals surface area contributed by atoms with Gasteiger partial charge < -0.3 is 20.9 Å². The number of carbonyl (C=O) groups is 1. The Labute approximate surface area is 204 Å². The van der Waals surface area contributed by atoms with E-state index in [1.54, 1.807) is 26.0 Å². The minimum atomic E-state index is -5.04. The summed E-state index contributed by atoms with van der Waals surface area (Å²) >= 11 is 0. The zero-order valence-electron chi connectivity index (χ0n) is 19.7. The van der Waals surface area contributed by atoms with Gasteiger partial charge in [-0.15, -0.1) is 0 Å². The van der Waals surface area contributed by atoms with E-state index in [1.165, 1.54) is 24.3 Å². The van der Waals surface area contributed by atoms with Crippen LogP contribution in [-0.4, -0.2) is 45.7 Å². The molecule has 1 aliphatic heterocycles. The van der Waals surface area contributed by atoms with Gasteiger partial charge in [0.05, 0.1) is 25.0 Å². The first-order chi connectivity index (χ1) is 16.8. The minimum absolute atomic E-state index is 0.146. The summed E-state index contributed by atoms with van der Waals surface area (Å²) in [6.45, 7) is 2.52. The van der Waals surface area contributed by atoms with Crippen molar-refractivity contribution in [2.45, 2.75) is 43.9 Å². The molecule has 0 aliphatic carbocycles. The zero-order chi connectivity index (χ0) is 26.3. The van der Waals surface area contributed by atoms with Crippen molar-refractivity contribution >= 4 is 11.7 Å². The van der Waals surface area contributed by atoms with Crippen LogP contribution in [0.25, 0.3) is 5.69 Å². The second-order valence-electron chi connectivity index (χ2n) is 9.50. The Morgan fingerprint density at radius 3 is 2.56 bits per heavy atom. The van der Waals surface area contributed by atoms with Crippen LogP contribution in [-0.2, 0) is 11.8 Å². The van der Waals surface area contributed by atoms with Crippen molar-refractivity contribution in [3.05, 3.63) is 71.2 Å². The highest BCUT2D eigenvalue weighted by molar-refractivity contribution is 5.98. The molecule has 1 unspecified atom stereocenters. The quantitative estimate of drug-likeness (QED) is 0.422. The Morgan fingerprint density at radius 1 is 1.19 bits per heavy atom. The van der Waals surface area contributed by atoms with Crippen molar-refractivity contribution in [1.29, 1.82) is 0 Å². The molecule has 7 nitrogen and oxygen atoms in total. The molecule has 1 aliphatic rings. The number of hydrogen-bond acceptors (Lipinski definition) is 5. The molecule has 4 N–H and O–H groups in total. The molecule has 0 bridgehead atoms. The fourth-order valence-electron chi connectivity index (χ4n) is 4.48. The van der Waals surface area contributed by atoms with Crippen molar-refractivity contribution in [3.8, 4) is 11.4 Å². The molecule has 2 aromatic carbocycles. The number of aliphatic hydroxyl groups is 1. The third kappa shape index (κ3) is 4.75. The summed E-state index contributed by atoms with van der Waals surface area (Å²) < 4.78 is 62.3. The van der Waals surface area contributed by atoms with E-state index in [2.05, 4.69) is 10.4 Å². The number of halogens is 4. The van der Waals surface area contributed by atoms with E-state index in [-0.39, 0.29) is 11.4 Å². The van der Waals surface area contributed by atoms with Crippen LogP contribution >= 0.6 is 0 Å². The molecule has 2 heterocycles. The number of nitrogen functional groups attached to an aromatic ring is 1. The number of aromatic nitrogens is 2. The second-order valence-corrected chi connectivity index (χ2v) is 9.50. The molecule has 11 heteroatoms. The summed E-state index contributed by atoms with van der Waals surface area (Å²) in [6.07, 6.45) is -4.02. The van der Waals surface area contributed by atoms with Crippen LogP contribution in [0.2, 0.25) is 0 Å². The van der Waals surface area contributed by atoms with Crippen molar-refractivity contribution < 1.29 is 32.2 Å². The monoisotopic (exact) mass is 506 g/mol. The standard InChI is InChI=1S/C25H26F4N4O3/c1-23(2,19-5-3-4-15-10-11-36-20(15)19)13-24(35,25(27,28)29)14-31-22(34)18-12-32-33(21(18)30)17-8-6-16(26)7-9-17/h3-9,12,35H,10-11,13-14,30H2,1-2H3,(H,31,34). The second kappa shape index (κ2) is 9.12. The lowest BCUT2D eigenvalue weighted by Crippen LogP contribution is -2.56. The van der Waals surface area contributed by atoms with Gasteiger partial charge in [-0.25, -0.2) is 9.07 Å². The van der Waals surface area contributed by atoms with Gasteiger partial charge in [0.1, 0.15) is 22.9 Å². The predicted octanol–water partition coefficient (Wildman–Crippen LogP) is 3.92. The van der Waals surface area contributed by atoms with E-state index in [1.807, 2.05) is 6.07 Å². The predicted molar refractivity (Wildman–Crippen MR) is 125 cm³/mol. The highest BCUT2D eigenvalue weighted by Crippen LogP contribution is 2.45. The Kier molecular flexibility index (Phi) is 6.46. The average molecular weight is 507 g/mol. The first-order valence-corrected chi connectivity index (χ1v) is 11.2. The number of amides is 1. The van der Waals surface area contributed by atoms with Gasteiger partial charge in [-0.3, -0.25) is 4.79 Å². The van der Waals surface area contributed by atoms with Gasteiger partial charge in [0.25, 0.3) is 5.91 Å². The number of ether oxygens (including phenoxy) is 1. The lowest BCUT2D eigenvalue weighted by molar-refractivity contribution is -0.263. The van der Waals surface area contributed by atoms with Gasteiger partial charge >= 0.3 is 6.18 Å². The lowest BCUT2D eigenvalue weighted by Gasteiger charge is -2.38. The highest BCUT2D eigenvalue weighted by atomic mass is 19.4.